The van der Waals surface area contributed by atoms with Crippen LogP contribution in [0, 0.1) is 0 Å². The van der Waals surface area contributed by atoms with Crippen LogP contribution in [0.3, 0.4) is 0 Å². The van der Waals surface area contributed by atoms with Crippen LogP contribution in [0.5, 0.6) is 0 Å². The quantitative estimate of drug-likeness (QED) is 0.774. The van der Waals surface area contributed by atoms with Crippen molar-refractivity contribution in [2.45, 2.75) is 58.9 Å². The van der Waals surface area contributed by atoms with Crippen LogP contribution in [0.4, 0.5) is 0 Å². The summed E-state index contributed by atoms with van der Waals surface area (Å²) in [6, 6.07) is 0.504. The van der Waals surface area contributed by atoms with Gasteiger partial charge in [0.1, 0.15) is 0 Å². The number of rotatable bonds is 7. The zero-order valence-corrected chi connectivity index (χ0v) is 10.8. The second-order valence-corrected chi connectivity index (χ2v) is 4.35. The molecule has 0 aliphatic rings. The highest BCUT2D eigenvalue weighted by molar-refractivity contribution is 4.93. The fourth-order valence-electron chi connectivity index (χ4n) is 1.54. The van der Waals surface area contributed by atoms with Gasteiger partial charge in [-0.15, -0.1) is 0 Å². The van der Waals surface area contributed by atoms with Gasteiger partial charge < -0.3 is 9.84 Å². The molecule has 0 aliphatic carbocycles. The molecule has 4 heteroatoms. The number of aromatic nitrogens is 2. The van der Waals surface area contributed by atoms with Crippen molar-refractivity contribution in [3.8, 4) is 0 Å². The van der Waals surface area contributed by atoms with Gasteiger partial charge in [-0.25, -0.2) is 0 Å². The molecular formula is C12H23N3O. The van der Waals surface area contributed by atoms with Crippen molar-refractivity contribution >= 4 is 0 Å². The van der Waals surface area contributed by atoms with Crippen LogP contribution in [-0.4, -0.2) is 22.7 Å². The Kier molecular flexibility index (Phi) is 5.46. The summed E-state index contributed by atoms with van der Waals surface area (Å²) in [5, 5.41) is 7.37. The van der Waals surface area contributed by atoms with E-state index in [1.54, 1.807) is 0 Å². The minimum absolute atomic E-state index is 0.392. The molecule has 16 heavy (non-hydrogen) atoms. The zero-order chi connectivity index (χ0) is 12.0. The topological polar surface area (TPSA) is 51.0 Å². The Labute approximate surface area is 97.8 Å². The molecule has 0 bridgehead atoms. The molecular weight excluding hydrogens is 202 g/mol. The van der Waals surface area contributed by atoms with Crippen molar-refractivity contribution in [3.63, 3.8) is 0 Å². The normalized spacial score (nSPS) is 15.0. The lowest BCUT2D eigenvalue weighted by Crippen LogP contribution is -2.25. The van der Waals surface area contributed by atoms with E-state index in [-0.39, 0.29) is 0 Å². The second kappa shape index (κ2) is 6.63. The van der Waals surface area contributed by atoms with Crippen LogP contribution in [0.2, 0.25) is 0 Å². The lowest BCUT2D eigenvalue weighted by atomic mass is 10.1. The Balaban J connectivity index is 2.40. The van der Waals surface area contributed by atoms with Crippen LogP contribution >= 0.6 is 0 Å². The van der Waals surface area contributed by atoms with E-state index in [4.69, 9.17) is 4.52 Å². The molecule has 0 radical (unpaired) electrons. The van der Waals surface area contributed by atoms with Gasteiger partial charge in [-0.1, -0.05) is 25.9 Å². The molecule has 0 spiro atoms. The number of hydrogen-bond acceptors (Lipinski definition) is 4. The lowest BCUT2D eigenvalue weighted by molar-refractivity contribution is 0.360. The van der Waals surface area contributed by atoms with E-state index >= 15 is 0 Å². The zero-order valence-electron chi connectivity index (χ0n) is 10.8. The van der Waals surface area contributed by atoms with Gasteiger partial charge in [0.15, 0.2) is 5.82 Å². The predicted molar refractivity (Wildman–Crippen MR) is 64.5 cm³/mol. The summed E-state index contributed by atoms with van der Waals surface area (Å²) in [7, 11) is 0. The Bertz CT molecular complexity index is 298. The van der Waals surface area contributed by atoms with E-state index in [2.05, 4.69) is 43.2 Å². The summed E-state index contributed by atoms with van der Waals surface area (Å²) in [5.74, 6) is 2.00. The van der Waals surface area contributed by atoms with Gasteiger partial charge in [0.05, 0.1) is 0 Å². The summed E-state index contributed by atoms with van der Waals surface area (Å²) in [5.41, 5.74) is 0. The Morgan fingerprint density at radius 2 is 2.06 bits per heavy atom. The summed E-state index contributed by atoms with van der Waals surface area (Å²) in [4.78, 5) is 4.41. The van der Waals surface area contributed by atoms with Crippen molar-refractivity contribution < 1.29 is 4.52 Å². The van der Waals surface area contributed by atoms with Gasteiger partial charge in [0.2, 0.25) is 5.89 Å². The Hall–Kier alpha value is -0.900. The second-order valence-electron chi connectivity index (χ2n) is 4.35. The van der Waals surface area contributed by atoms with E-state index in [1.165, 1.54) is 0 Å². The number of aryl methyl sites for hydroxylation is 1. The van der Waals surface area contributed by atoms with Crippen LogP contribution in [0.1, 0.15) is 58.2 Å². The molecule has 1 aromatic rings. The molecule has 2 unspecified atom stereocenters. The standard InChI is InChI=1S/C12H23N3O/c1-5-9(3)12-14-11(16-15-12)8-7-10(4)13-6-2/h9-10,13H,5-8H2,1-4H3. The number of hydrogen-bond donors (Lipinski definition) is 1. The maximum Gasteiger partial charge on any atom is 0.226 e. The maximum atomic E-state index is 5.23. The first kappa shape index (κ1) is 13.2. The average Bonchev–Trinajstić information content (AvgIpc) is 2.74. The molecule has 0 fully saturated rings. The summed E-state index contributed by atoms with van der Waals surface area (Å²) in [6.45, 7) is 9.55. The molecule has 0 aliphatic heterocycles. The fourth-order valence-corrected chi connectivity index (χ4v) is 1.54. The smallest absolute Gasteiger partial charge is 0.226 e. The van der Waals surface area contributed by atoms with E-state index in [0.29, 0.717) is 12.0 Å². The van der Waals surface area contributed by atoms with E-state index in [9.17, 15) is 0 Å². The van der Waals surface area contributed by atoms with Crippen LogP contribution < -0.4 is 5.32 Å². The molecule has 0 saturated carbocycles. The van der Waals surface area contributed by atoms with Crippen molar-refractivity contribution in [2.24, 2.45) is 0 Å². The highest BCUT2D eigenvalue weighted by Crippen LogP contribution is 2.15. The van der Waals surface area contributed by atoms with Gasteiger partial charge in [-0.2, -0.15) is 4.98 Å². The third-order valence-electron chi connectivity index (χ3n) is 2.88. The highest BCUT2D eigenvalue weighted by Gasteiger charge is 2.12. The van der Waals surface area contributed by atoms with Crippen molar-refractivity contribution in [1.29, 1.82) is 0 Å². The predicted octanol–water partition coefficient (Wildman–Crippen LogP) is 2.51. The van der Waals surface area contributed by atoms with E-state index in [0.717, 1.165) is 37.5 Å². The monoisotopic (exact) mass is 225 g/mol. The van der Waals surface area contributed by atoms with Crippen LogP contribution in [-0.2, 0) is 6.42 Å². The molecule has 1 rings (SSSR count). The first-order valence-electron chi connectivity index (χ1n) is 6.23. The van der Waals surface area contributed by atoms with E-state index < -0.39 is 0 Å². The van der Waals surface area contributed by atoms with Gasteiger partial charge in [-0.3, -0.25) is 0 Å². The third-order valence-corrected chi connectivity index (χ3v) is 2.88. The molecule has 2 atom stereocenters. The average molecular weight is 225 g/mol. The molecule has 1 N–H and O–H groups in total. The van der Waals surface area contributed by atoms with Gasteiger partial charge in [-0.05, 0) is 26.3 Å². The summed E-state index contributed by atoms with van der Waals surface area (Å²) in [6.07, 6.45) is 2.94. The third kappa shape index (κ3) is 3.93. The fraction of sp³-hybridized carbons (Fsp3) is 0.833. The van der Waals surface area contributed by atoms with Crippen molar-refractivity contribution in [1.82, 2.24) is 15.5 Å². The molecule has 0 amide bonds. The minimum atomic E-state index is 0.392. The molecule has 1 heterocycles. The SMILES string of the molecule is CCNC(C)CCc1nc(C(C)CC)no1. The van der Waals surface area contributed by atoms with Gasteiger partial charge >= 0.3 is 0 Å². The first-order chi connectivity index (χ1) is 7.67. The van der Waals surface area contributed by atoms with Crippen molar-refractivity contribution in [2.75, 3.05) is 6.54 Å². The number of nitrogens with one attached hydrogen (secondary N) is 1. The van der Waals surface area contributed by atoms with E-state index in [1.807, 2.05) is 0 Å². The molecule has 92 valence electrons. The Morgan fingerprint density at radius 3 is 2.69 bits per heavy atom. The summed E-state index contributed by atoms with van der Waals surface area (Å²) < 4.78 is 5.23. The van der Waals surface area contributed by atoms with Gasteiger partial charge in [0, 0.05) is 18.4 Å². The molecule has 4 nitrogen and oxygen atoms in total. The van der Waals surface area contributed by atoms with Crippen LogP contribution in [0.25, 0.3) is 0 Å². The lowest BCUT2D eigenvalue weighted by Gasteiger charge is -2.09. The largest absolute Gasteiger partial charge is 0.339 e. The molecule has 1 aromatic heterocycles. The van der Waals surface area contributed by atoms with Crippen molar-refractivity contribution in [3.05, 3.63) is 11.7 Å². The van der Waals surface area contributed by atoms with Gasteiger partial charge in [0.25, 0.3) is 0 Å². The highest BCUT2D eigenvalue weighted by atomic mass is 16.5. The summed E-state index contributed by atoms with van der Waals surface area (Å²) >= 11 is 0. The number of nitrogens with zero attached hydrogens (tertiary/aromatic N) is 2. The first-order valence-corrected chi connectivity index (χ1v) is 6.23. The minimum Gasteiger partial charge on any atom is -0.339 e. The molecule has 0 aromatic carbocycles. The van der Waals surface area contributed by atoms with Crippen LogP contribution in [0.15, 0.2) is 4.52 Å². The Morgan fingerprint density at radius 1 is 1.31 bits per heavy atom. The maximum absolute atomic E-state index is 5.23. The molecule has 0 saturated heterocycles.